The van der Waals surface area contributed by atoms with E-state index in [9.17, 15) is 0 Å². The molecule has 2 aliphatic rings. The van der Waals surface area contributed by atoms with Crippen LogP contribution in [0.25, 0.3) is 5.57 Å². The molecule has 1 aliphatic heterocycles. The van der Waals surface area contributed by atoms with Gasteiger partial charge in [0.25, 0.3) is 0 Å². The minimum absolute atomic E-state index is 0.311. The highest BCUT2D eigenvalue weighted by atomic mass is 16.6. The number of rotatable bonds is 9. The molecule has 0 amide bonds. The summed E-state index contributed by atoms with van der Waals surface area (Å²) in [4.78, 5) is 5.53. The van der Waals surface area contributed by atoms with Crippen LogP contribution in [0.5, 0.6) is 0 Å². The van der Waals surface area contributed by atoms with E-state index >= 15 is 0 Å². The number of oxime groups is 1. The normalized spacial score (nSPS) is 20.0. The molecule has 0 saturated heterocycles. The molecule has 1 aromatic rings. The van der Waals surface area contributed by atoms with Crippen molar-refractivity contribution in [2.75, 3.05) is 0 Å². The standard InChI is InChI=1S/C30H37NO2.2C2H6/c1-7-13-23(6)33-31-20-25(24-14-11-10-12-15-24)17-19-27-22(5)16-18-28-26(9-3)29(21(4)8-2)32-30(27)28;2*1-2/h8-15,17,20,22,28H,3,7,16,18-19H2,1-2,4-6H3;2*1-2H3/b21-8-,23-13-,25-17+,31-20+;;. The van der Waals surface area contributed by atoms with Gasteiger partial charge >= 0.3 is 0 Å². The summed E-state index contributed by atoms with van der Waals surface area (Å²) in [6, 6.07) is 10.3. The Hall–Kier alpha value is -3.07. The molecule has 0 aromatic heterocycles. The van der Waals surface area contributed by atoms with Crippen molar-refractivity contribution in [2.24, 2.45) is 17.0 Å². The number of fused-ring (bicyclic) bond motifs is 1. The van der Waals surface area contributed by atoms with Gasteiger partial charge in [-0.25, -0.2) is 0 Å². The predicted octanol–water partition coefficient (Wildman–Crippen LogP) is 10.6. The first-order valence-corrected chi connectivity index (χ1v) is 14.0. The maximum absolute atomic E-state index is 6.51. The summed E-state index contributed by atoms with van der Waals surface area (Å²) in [5, 5.41) is 4.25. The van der Waals surface area contributed by atoms with E-state index in [0.29, 0.717) is 11.8 Å². The van der Waals surface area contributed by atoms with Crippen LogP contribution in [-0.4, -0.2) is 6.21 Å². The average molecular weight is 504 g/mol. The van der Waals surface area contributed by atoms with E-state index in [1.807, 2.05) is 71.2 Å². The first-order valence-electron chi connectivity index (χ1n) is 14.0. The number of hydrogen-bond acceptors (Lipinski definition) is 3. The summed E-state index contributed by atoms with van der Waals surface area (Å²) in [7, 11) is 0. The third-order valence-electron chi connectivity index (χ3n) is 6.51. The van der Waals surface area contributed by atoms with E-state index < -0.39 is 0 Å². The summed E-state index contributed by atoms with van der Waals surface area (Å²) in [6.07, 6.45) is 14.2. The van der Waals surface area contributed by atoms with Crippen molar-refractivity contribution in [1.82, 2.24) is 0 Å². The van der Waals surface area contributed by atoms with Crippen molar-refractivity contribution in [3.63, 3.8) is 0 Å². The van der Waals surface area contributed by atoms with Gasteiger partial charge in [-0.3, -0.25) is 0 Å². The fourth-order valence-corrected chi connectivity index (χ4v) is 4.51. The SMILES string of the molecule is C=CC1=C(/C(C)=C\C)OC2=C(C/C=C(\C=N\O/C(C)=C\CC)c3ccccc3)C(C)CCC12.CC.CC. The average Bonchev–Trinajstić information content (AvgIpc) is 3.32. The van der Waals surface area contributed by atoms with Gasteiger partial charge in [-0.1, -0.05) is 102 Å². The van der Waals surface area contributed by atoms with Gasteiger partial charge in [0.2, 0.25) is 0 Å². The Bertz CT molecular complexity index is 1030. The molecule has 0 fully saturated rings. The van der Waals surface area contributed by atoms with Gasteiger partial charge in [0.05, 0.1) is 6.21 Å². The molecule has 0 spiro atoms. The van der Waals surface area contributed by atoms with Gasteiger partial charge in [-0.2, -0.15) is 0 Å². The van der Waals surface area contributed by atoms with E-state index in [1.54, 1.807) is 0 Å². The Morgan fingerprint density at radius 1 is 1.08 bits per heavy atom. The van der Waals surface area contributed by atoms with Gasteiger partial charge in [0.15, 0.2) is 0 Å². The van der Waals surface area contributed by atoms with Crippen molar-refractivity contribution in [3.05, 3.63) is 101 Å². The number of hydrogen-bond donors (Lipinski definition) is 0. The second-order valence-electron chi connectivity index (χ2n) is 8.76. The van der Waals surface area contributed by atoms with Gasteiger partial charge in [0.1, 0.15) is 17.3 Å². The molecule has 0 radical (unpaired) electrons. The van der Waals surface area contributed by atoms with Crippen LogP contribution in [0.3, 0.4) is 0 Å². The minimum atomic E-state index is 0.311. The number of nitrogens with zero attached hydrogens (tertiary/aromatic N) is 1. The Morgan fingerprint density at radius 2 is 1.76 bits per heavy atom. The smallest absolute Gasteiger partial charge is 0.133 e. The topological polar surface area (TPSA) is 30.8 Å². The maximum Gasteiger partial charge on any atom is 0.133 e. The molecule has 2 atom stereocenters. The number of allylic oxidation sites excluding steroid dienone is 9. The molecule has 0 saturated carbocycles. The zero-order chi connectivity index (χ0) is 27.8. The molecule has 3 heteroatoms. The molecule has 1 aromatic carbocycles. The van der Waals surface area contributed by atoms with E-state index in [0.717, 1.165) is 54.1 Å². The molecular formula is C34H49NO2. The Labute approximate surface area is 227 Å². The van der Waals surface area contributed by atoms with E-state index in [2.05, 4.69) is 63.7 Å². The van der Waals surface area contributed by atoms with E-state index in [4.69, 9.17) is 9.57 Å². The third-order valence-corrected chi connectivity index (χ3v) is 6.51. The van der Waals surface area contributed by atoms with Gasteiger partial charge in [-0.15, -0.1) is 0 Å². The van der Waals surface area contributed by atoms with Crippen LogP contribution in [0.15, 0.2) is 100 Å². The lowest BCUT2D eigenvalue weighted by molar-refractivity contribution is 0.230. The van der Waals surface area contributed by atoms with Crippen LogP contribution in [0.4, 0.5) is 0 Å². The first-order chi connectivity index (χ1) is 18.0. The van der Waals surface area contributed by atoms with Crippen LogP contribution >= 0.6 is 0 Å². The van der Waals surface area contributed by atoms with Crippen LogP contribution in [0, 0.1) is 11.8 Å². The van der Waals surface area contributed by atoms with Crippen molar-refractivity contribution < 1.29 is 9.57 Å². The van der Waals surface area contributed by atoms with Gasteiger partial charge in [-0.05, 0) is 80.7 Å². The summed E-state index contributed by atoms with van der Waals surface area (Å²) < 4.78 is 6.51. The molecule has 3 rings (SSSR count). The van der Waals surface area contributed by atoms with Crippen LogP contribution in [0.1, 0.15) is 93.6 Å². The fourth-order valence-electron chi connectivity index (χ4n) is 4.51. The highest BCUT2D eigenvalue weighted by Gasteiger charge is 2.37. The molecule has 0 bridgehead atoms. The monoisotopic (exact) mass is 503 g/mol. The lowest BCUT2D eigenvalue weighted by Gasteiger charge is -2.27. The Balaban J connectivity index is 0.00000163. The predicted molar refractivity (Wildman–Crippen MR) is 162 cm³/mol. The number of ether oxygens (including phenoxy) is 1. The lowest BCUT2D eigenvalue weighted by Crippen LogP contribution is -2.16. The highest BCUT2D eigenvalue weighted by Crippen LogP contribution is 2.48. The summed E-state index contributed by atoms with van der Waals surface area (Å²) in [5.41, 5.74) is 5.93. The Kier molecular flexibility index (Phi) is 15.0. The molecule has 3 nitrogen and oxygen atoms in total. The zero-order valence-electron chi connectivity index (χ0n) is 24.7. The summed E-state index contributed by atoms with van der Waals surface area (Å²) >= 11 is 0. The molecular weight excluding hydrogens is 454 g/mol. The maximum atomic E-state index is 6.51. The quantitative estimate of drug-likeness (QED) is 0.191. The fraction of sp³-hybridized carbons (Fsp3) is 0.441. The highest BCUT2D eigenvalue weighted by molar-refractivity contribution is 6.09. The van der Waals surface area contributed by atoms with Crippen molar-refractivity contribution >= 4 is 11.8 Å². The Morgan fingerprint density at radius 3 is 2.35 bits per heavy atom. The second-order valence-corrected chi connectivity index (χ2v) is 8.76. The summed E-state index contributed by atoms with van der Waals surface area (Å²) in [6.45, 7) is 22.6. The van der Waals surface area contributed by atoms with Gasteiger partial charge < -0.3 is 9.57 Å². The summed E-state index contributed by atoms with van der Waals surface area (Å²) in [5.74, 6) is 3.71. The third kappa shape index (κ3) is 8.77. The molecule has 202 valence electrons. The van der Waals surface area contributed by atoms with Crippen LogP contribution < -0.4 is 0 Å². The second kappa shape index (κ2) is 17.4. The van der Waals surface area contributed by atoms with E-state index in [1.165, 1.54) is 16.7 Å². The van der Waals surface area contributed by atoms with Crippen molar-refractivity contribution in [3.8, 4) is 0 Å². The lowest BCUT2D eigenvalue weighted by atomic mass is 9.78. The number of benzene rings is 1. The van der Waals surface area contributed by atoms with Crippen LogP contribution in [-0.2, 0) is 9.57 Å². The van der Waals surface area contributed by atoms with Crippen molar-refractivity contribution in [2.45, 2.75) is 88.0 Å². The molecule has 37 heavy (non-hydrogen) atoms. The molecule has 1 heterocycles. The van der Waals surface area contributed by atoms with Crippen LogP contribution in [0.2, 0.25) is 0 Å². The minimum Gasteiger partial charge on any atom is -0.461 e. The van der Waals surface area contributed by atoms with E-state index in [-0.39, 0.29) is 0 Å². The largest absolute Gasteiger partial charge is 0.461 e. The molecule has 2 unspecified atom stereocenters. The molecule has 0 N–H and O–H groups in total. The zero-order valence-corrected chi connectivity index (χ0v) is 24.7. The van der Waals surface area contributed by atoms with Gasteiger partial charge in [0, 0.05) is 11.5 Å². The van der Waals surface area contributed by atoms with Crippen molar-refractivity contribution in [1.29, 1.82) is 0 Å². The first kappa shape index (κ1) is 32.0. The molecule has 1 aliphatic carbocycles.